The molecule has 22 nitrogen and oxygen atoms in total. The van der Waals surface area contributed by atoms with Crippen molar-refractivity contribution in [2.24, 2.45) is 46.3 Å². The molecular formula is C68H84F4N8O14V2-2. The molecule has 0 spiro atoms. The van der Waals surface area contributed by atoms with Gasteiger partial charge in [0.1, 0.15) is 58.4 Å². The number of nitrogens with one attached hydrogen (secondary N) is 2. The maximum Gasteiger partial charge on any atom is 0.586 e. The summed E-state index contributed by atoms with van der Waals surface area (Å²) >= 11 is 0. The van der Waals surface area contributed by atoms with Crippen molar-refractivity contribution in [3.63, 3.8) is 0 Å². The fraction of sp³-hybridized carbons (Fsp3) is 0.676. The monoisotopic (exact) mass is 1410 g/mol. The van der Waals surface area contributed by atoms with E-state index in [0.29, 0.717) is 59.9 Å². The van der Waals surface area contributed by atoms with Gasteiger partial charge in [-0.3, -0.25) is 9.59 Å². The number of carbonyl (C=O) groups excluding carboxylic acids is 6. The van der Waals surface area contributed by atoms with Crippen LogP contribution >= 0.6 is 0 Å². The van der Waals surface area contributed by atoms with Crippen molar-refractivity contribution in [3.8, 4) is 34.8 Å². The van der Waals surface area contributed by atoms with Crippen molar-refractivity contribution in [3.05, 3.63) is 35.7 Å². The molecule has 2 saturated heterocycles. The zero-order chi connectivity index (χ0) is 67.0. The van der Waals surface area contributed by atoms with E-state index in [0.717, 1.165) is 83.5 Å². The number of hydrogen-bond acceptors (Lipinski definition) is 18. The number of amides is 4. The van der Waals surface area contributed by atoms with Crippen LogP contribution in [-0.2, 0) is 78.6 Å². The minimum absolute atomic E-state index is 0. The fourth-order valence-electron chi connectivity index (χ4n) is 15.8. The number of carbonyl (C=O) groups is 4. The van der Waals surface area contributed by atoms with Crippen LogP contribution in [0.15, 0.2) is 24.3 Å². The zero-order valence-corrected chi connectivity index (χ0v) is 58.3. The van der Waals surface area contributed by atoms with Gasteiger partial charge in [-0.25, -0.2) is 42.1 Å². The molecule has 5 fully saturated rings. The van der Waals surface area contributed by atoms with Crippen LogP contribution in [0.4, 0.5) is 27.2 Å². The predicted molar refractivity (Wildman–Crippen MR) is 330 cm³/mol. The number of benzene rings is 2. The molecule has 14 atom stereocenters. The third kappa shape index (κ3) is 14.7. The average molecular weight is 1420 g/mol. The molecule has 96 heavy (non-hydrogen) atoms. The molecule has 2 aromatic carbocycles. The minimum Gasteiger partial charge on any atom is -0.540 e. The number of ether oxygens (including phenoxy) is 8. The smallest absolute Gasteiger partial charge is 0.540 e. The quantitative estimate of drug-likeness (QED) is 0.142. The number of halogens is 4. The fourth-order valence-corrected chi connectivity index (χ4v) is 15.8. The van der Waals surface area contributed by atoms with Gasteiger partial charge in [0.2, 0.25) is 35.1 Å². The Kier molecular flexibility index (Phi) is 21.2. The molecule has 9 aliphatic rings. The van der Waals surface area contributed by atoms with Crippen LogP contribution in [0.3, 0.4) is 0 Å². The van der Waals surface area contributed by atoms with Crippen LogP contribution in [0, 0.1) is 46.3 Å². The number of nitrogens with zero attached hydrogens (tertiary/aromatic N) is 6. The van der Waals surface area contributed by atoms with Crippen LogP contribution in [0.5, 0.6) is 34.8 Å². The predicted octanol–water partition coefficient (Wildman–Crippen LogP) is 11.2. The molecule has 8 heterocycles. The summed E-state index contributed by atoms with van der Waals surface area (Å²) in [6.07, 6.45) is 7.12. The van der Waals surface area contributed by atoms with Crippen LogP contribution < -0.4 is 39.1 Å². The second-order valence-electron chi connectivity index (χ2n) is 29.3. The van der Waals surface area contributed by atoms with E-state index in [1.54, 1.807) is 12.1 Å². The molecule has 2 unspecified atom stereocenters. The normalized spacial score (nSPS) is 31.7. The molecule has 2 N–H and O–H groups in total. The van der Waals surface area contributed by atoms with Gasteiger partial charge in [-0.1, -0.05) is 106 Å². The second-order valence-corrected chi connectivity index (χ2v) is 29.3. The summed E-state index contributed by atoms with van der Waals surface area (Å²) in [5, 5.41) is 5.69. The number of aromatic nitrogens is 4. The molecule has 13 rings (SSSR count). The van der Waals surface area contributed by atoms with Crippen molar-refractivity contribution in [1.82, 2.24) is 40.4 Å². The van der Waals surface area contributed by atoms with Gasteiger partial charge in [0, 0.05) is 37.1 Å². The Morgan fingerprint density at radius 2 is 1.03 bits per heavy atom. The number of rotatable bonds is 4. The summed E-state index contributed by atoms with van der Waals surface area (Å²) in [6.45, 7) is 16.9. The van der Waals surface area contributed by atoms with Gasteiger partial charge in [-0.05, 0) is 148 Å². The summed E-state index contributed by atoms with van der Waals surface area (Å²) in [5.41, 5.74) is -0.130. The number of hydrogen-bond donors (Lipinski definition) is 2. The third-order valence-corrected chi connectivity index (χ3v) is 20.8. The summed E-state index contributed by atoms with van der Waals surface area (Å²) in [6, 6.07) is 2.02. The van der Waals surface area contributed by atoms with Crippen molar-refractivity contribution >= 4 is 58.6 Å². The summed E-state index contributed by atoms with van der Waals surface area (Å²) in [5.74, 6) is -0.710. The zero-order valence-electron chi connectivity index (χ0n) is 55.6. The Bertz CT molecular complexity index is 3480. The van der Waals surface area contributed by atoms with Crippen molar-refractivity contribution < 1.29 is 121 Å². The van der Waals surface area contributed by atoms with Crippen LogP contribution in [-0.4, -0.2) is 140 Å². The topological polar surface area (TPSA) is 258 Å². The number of alkyl carbamates (subject to hydrolysis) is 2. The standard InChI is InChI=1S/C34H41F2N4O7.C34H43F2N4O7.2V/c1-5-18-23(16-41)40-15-26(18)44-30-22(37-21-11-12-24-28(27(21)38-30)47-34(35,36)46-24)10-8-6-7-9-19-20-13-17(20)14-25(19)45-32(43)39-29(31(40)42)33(2,3)4;1-6-20-23(18-41)40-17-25(20)44-29-22(37-21-14-15-24-27(26(21)38-29)46-34(35,36)45-24)13-9-7-8-11-19-12-10-16-33(19,5)47-31(43)39-28(30(40)42)32(2,3)4;;/h11-12,17-20,23,25-26,29H,5-10,13-15H2,1-4H3,(H,39,43);14-15,19-20,23,25,28H,6-13,16-17H2,1-5H3,(H,39,43);;/q2*-1;;/t17?,18-,19+,20?,23+,25+,26-,29+;19-,20+,23-,25+,28-,33-;;/m01../s1. The van der Waals surface area contributed by atoms with Crippen molar-refractivity contribution in [1.29, 1.82) is 0 Å². The molecule has 520 valence electrons. The molecule has 3 aliphatic carbocycles. The minimum atomic E-state index is -3.84. The number of fused-ring (bicyclic) bond motifs is 16. The first-order valence-electron chi connectivity index (χ1n) is 33.4. The molecule has 6 aliphatic heterocycles. The Morgan fingerprint density at radius 3 is 1.50 bits per heavy atom. The van der Waals surface area contributed by atoms with E-state index in [2.05, 4.69) is 36.4 Å². The summed E-state index contributed by atoms with van der Waals surface area (Å²) < 4.78 is 100. The first-order valence-corrected chi connectivity index (χ1v) is 33.4. The summed E-state index contributed by atoms with van der Waals surface area (Å²) in [7, 11) is 0. The van der Waals surface area contributed by atoms with E-state index in [-0.39, 0.29) is 114 Å². The Labute approximate surface area is 579 Å². The third-order valence-electron chi connectivity index (χ3n) is 20.8. The van der Waals surface area contributed by atoms with E-state index >= 15 is 0 Å². The van der Waals surface area contributed by atoms with E-state index < -0.39 is 101 Å². The van der Waals surface area contributed by atoms with Crippen LogP contribution in [0.25, 0.3) is 22.1 Å². The first-order chi connectivity index (χ1) is 44.6. The Balaban J connectivity index is 0.000000205. The summed E-state index contributed by atoms with van der Waals surface area (Å²) in [4.78, 5) is 102. The Hall–Kier alpha value is -6.37. The van der Waals surface area contributed by atoms with Gasteiger partial charge in [-0.15, -0.1) is 17.6 Å². The van der Waals surface area contributed by atoms with E-state index in [1.807, 2.05) is 68.6 Å². The van der Waals surface area contributed by atoms with Gasteiger partial charge in [-0.2, -0.15) is 0 Å². The van der Waals surface area contributed by atoms with Gasteiger partial charge in [0.15, 0.2) is 11.5 Å². The van der Waals surface area contributed by atoms with Gasteiger partial charge in [0.05, 0.1) is 24.1 Å². The van der Waals surface area contributed by atoms with Crippen molar-refractivity contribution in [2.45, 2.75) is 232 Å². The van der Waals surface area contributed by atoms with Crippen LogP contribution in [0.1, 0.15) is 170 Å². The average Bonchev–Trinajstić information content (AvgIpc) is 1.58. The number of aryl methyl sites for hydroxylation is 2. The van der Waals surface area contributed by atoms with Gasteiger partial charge < -0.3 is 67.9 Å². The number of alkyl halides is 4. The second kappa shape index (κ2) is 28.1. The molecule has 3 saturated carbocycles. The van der Waals surface area contributed by atoms with E-state index in [1.165, 1.54) is 21.9 Å². The van der Waals surface area contributed by atoms with E-state index in [4.69, 9.17) is 38.4 Å². The Morgan fingerprint density at radius 1 is 0.562 bits per heavy atom. The maximum absolute atomic E-state index is 14.2. The van der Waals surface area contributed by atoms with E-state index in [9.17, 15) is 46.3 Å². The molecule has 4 bridgehead atoms. The molecule has 4 amide bonds. The van der Waals surface area contributed by atoms with Crippen molar-refractivity contribution in [2.75, 3.05) is 13.1 Å². The molecule has 2 radical (unpaired) electrons. The molecule has 4 aromatic rings. The largest absolute Gasteiger partial charge is 0.586 e. The van der Waals surface area contributed by atoms with Gasteiger partial charge in [0.25, 0.3) is 0 Å². The molecule has 28 heteroatoms. The molecular weight excluding hydrogens is 1330 g/mol. The van der Waals surface area contributed by atoms with Gasteiger partial charge >= 0.3 is 24.8 Å². The molecule has 2 aromatic heterocycles. The maximum atomic E-state index is 14.2. The SMILES string of the molecule is CC[C@@H]1[C@@H]2CN(C(=O)[C@H](C(C)(C)C)NC(=O)O[C@@H]3CC4CC4[C@H]3CCCCCc3nc4ccc5c(c4nc3O2)OC(F)(F)O5)[C@@H]1[C-]=O.CC[C@@H]1[C@@H]2CN(C(=O)[C@H](C(C)(C)C)NC(=O)O[C@]3(C)CCC[C@H]3CCCCCc3nc4ccc5c(c4nc3O2)OC(F)(F)O5)[C@@H]1[C-]=O.[V].[V]. The first kappa shape index (κ1) is 72.4. The van der Waals surface area contributed by atoms with Crippen LogP contribution in [0.2, 0.25) is 0 Å².